The predicted molar refractivity (Wildman–Crippen MR) is 398 cm³/mol. The van der Waals surface area contributed by atoms with E-state index in [1.165, 1.54) is 315 Å². The standard InChI is InChI=1S/C83H155NO10/c1-3-5-7-9-11-13-15-17-43-47-51-55-59-63-67-71-79(88)92-72-68-64-60-56-52-48-45-42-40-38-36-34-32-30-28-26-24-22-20-18-19-21-23-25-27-29-31-33-35-37-39-41-44-46-50-54-58-62-66-70-78(87)84-75(74-93-83-82(91)81(90)80(89)77(73-85)94-83)76(86)69-65-61-57-53-49-16-14-12-10-8-6-4-2/h10,12,18-19,49,53,65,69,75-77,80-83,85-86,89-91H,3-9,11,13-17,20-48,50-52,54-64,66-68,70-74H2,1-2H3,(H,84,87)/b12-10+,19-18-,53-49+,69-65+. The molecule has 0 radical (unpaired) electrons. The van der Waals surface area contributed by atoms with Crippen LogP contribution in [0.5, 0.6) is 0 Å². The van der Waals surface area contributed by atoms with Crippen LogP contribution in [0.15, 0.2) is 48.6 Å². The minimum Gasteiger partial charge on any atom is -0.466 e. The summed E-state index contributed by atoms with van der Waals surface area (Å²) >= 11 is 0. The highest BCUT2D eigenvalue weighted by Crippen LogP contribution is 2.24. The number of nitrogens with one attached hydrogen (secondary N) is 1. The fourth-order valence-corrected chi connectivity index (χ4v) is 13.0. The molecule has 0 aliphatic carbocycles. The molecule has 552 valence electrons. The van der Waals surface area contributed by atoms with Gasteiger partial charge in [-0.2, -0.15) is 0 Å². The molecule has 0 spiro atoms. The summed E-state index contributed by atoms with van der Waals surface area (Å²) in [6.07, 6.45) is 86.0. The van der Waals surface area contributed by atoms with Gasteiger partial charge in [-0.05, 0) is 77.0 Å². The Kier molecular flexibility index (Phi) is 68.5. The summed E-state index contributed by atoms with van der Waals surface area (Å²) in [5.41, 5.74) is 0. The van der Waals surface area contributed by atoms with Crippen molar-refractivity contribution in [3.63, 3.8) is 0 Å². The van der Waals surface area contributed by atoms with E-state index >= 15 is 0 Å². The van der Waals surface area contributed by atoms with Crippen LogP contribution in [0.2, 0.25) is 0 Å². The van der Waals surface area contributed by atoms with Crippen molar-refractivity contribution in [2.24, 2.45) is 0 Å². The molecular weight excluding hydrogens is 1170 g/mol. The van der Waals surface area contributed by atoms with E-state index in [2.05, 4.69) is 55.6 Å². The lowest BCUT2D eigenvalue weighted by Gasteiger charge is -2.40. The van der Waals surface area contributed by atoms with Crippen LogP contribution in [0.1, 0.15) is 406 Å². The highest BCUT2D eigenvalue weighted by molar-refractivity contribution is 5.76. The smallest absolute Gasteiger partial charge is 0.305 e. The van der Waals surface area contributed by atoms with E-state index in [0.717, 1.165) is 64.2 Å². The van der Waals surface area contributed by atoms with Gasteiger partial charge in [-0.3, -0.25) is 9.59 Å². The molecule has 1 saturated heterocycles. The number of unbranched alkanes of at least 4 members (excludes halogenated alkanes) is 53. The summed E-state index contributed by atoms with van der Waals surface area (Å²) in [4.78, 5) is 25.2. The highest BCUT2D eigenvalue weighted by atomic mass is 16.7. The number of amides is 1. The van der Waals surface area contributed by atoms with Crippen molar-refractivity contribution in [2.75, 3.05) is 19.8 Å². The number of rotatable bonds is 73. The largest absolute Gasteiger partial charge is 0.466 e. The Morgan fingerprint density at radius 2 is 0.702 bits per heavy atom. The number of carbonyl (C=O) groups excluding carboxylic acids is 2. The zero-order valence-corrected chi connectivity index (χ0v) is 61.7. The third-order valence-corrected chi connectivity index (χ3v) is 19.4. The summed E-state index contributed by atoms with van der Waals surface area (Å²) in [6, 6.07) is -0.832. The molecule has 1 aliphatic rings. The first-order chi connectivity index (χ1) is 46.2. The van der Waals surface area contributed by atoms with Crippen molar-refractivity contribution in [2.45, 2.75) is 448 Å². The van der Waals surface area contributed by atoms with Gasteiger partial charge in [-0.1, -0.05) is 364 Å². The number of allylic oxidation sites excluding steroid dienone is 7. The Morgan fingerprint density at radius 1 is 0.383 bits per heavy atom. The fraction of sp³-hybridized carbons (Fsp3) is 0.880. The van der Waals surface area contributed by atoms with Crippen LogP contribution in [0.3, 0.4) is 0 Å². The Hall–Kier alpha value is -2.38. The van der Waals surface area contributed by atoms with Crippen molar-refractivity contribution in [3.05, 3.63) is 48.6 Å². The molecule has 1 fully saturated rings. The Bertz CT molecular complexity index is 1700. The average molecular weight is 1330 g/mol. The van der Waals surface area contributed by atoms with E-state index in [0.29, 0.717) is 19.4 Å². The lowest BCUT2D eigenvalue weighted by Crippen LogP contribution is -2.60. The molecule has 1 heterocycles. The predicted octanol–water partition coefficient (Wildman–Crippen LogP) is 22.3. The van der Waals surface area contributed by atoms with Crippen molar-refractivity contribution < 1.29 is 49.3 Å². The van der Waals surface area contributed by atoms with Gasteiger partial charge >= 0.3 is 5.97 Å². The summed E-state index contributed by atoms with van der Waals surface area (Å²) in [6.45, 7) is 4.33. The quantitative estimate of drug-likeness (QED) is 0.0195. The molecule has 0 aromatic rings. The third kappa shape index (κ3) is 59.7. The summed E-state index contributed by atoms with van der Waals surface area (Å²) in [5.74, 6) is -0.172. The molecule has 0 aromatic carbocycles. The summed E-state index contributed by atoms with van der Waals surface area (Å²) in [7, 11) is 0. The van der Waals surface area contributed by atoms with Gasteiger partial charge in [-0.25, -0.2) is 0 Å². The van der Waals surface area contributed by atoms with Crippen molar-refractivity contribution in [3.8, 4) is 0 Å². The summed E-state index contributed by atoms with van der Waals surface area (Å²) in [5, 5.41) is 54.5. The maximum atomic E-state index is 13.1. The van der Waals surface area contributed by atoms with Crippen LogP contribution < -0.4 is 5.32 Å². The second-order valence-corrected chi connectivity index (χ2v) is 28.5. The first-order valence-electron chi connectivity index (χ1n) is 40.9. The van der Waals surface area contributed by atoms with E-state index in [1.54, 1.807) is 6.08 Å². The van der Waals surface area contributed by atoms with Crippen LogP contribution in [0.25, 0.3) is 0 Å². The molecule has 11 heteroatoms. The monoisotopic (exact) mass is 1330 g/mol. The molecule has 94 heavy (non-hydrogen) atoms. The van der Waals surface area contributed by atoms with Crippen molar-refractivity contribution in [1.82, 2.24) is 5.32 Å². The molecule has 11 nitrogen and oxygen atoms in total. The van der Waals surface area contributed by atoms with Gasteiger partial charge < -0.3 is 45.1 Å². The van der Waals surface area contributed by atoms with E-state index in [-0.39, 0.29) is 18.5 Å². The molecule has 1 rings (SSSR count). The first-order valence-corrected chi connectivity index (χ1v) is 40.9. The number of hydrogen-bond donors (Lipinski definition) is 6. The van der Waals surface area contributed by atoms with Crippen LogP contribution >= 0.6 is 0 Å². The first kappa shape index (κ1) is 89.6. The molecule has 0 aromatic heterocycles. The van der Waals surface area contributed by atoms with Gasteiger partial charge in [0.2, 0.25) is 5.91 Å². The van der Waals surface area contributed by atoms with Gasteiger partial charge in [0.15, 0.2) is 6.29 Å². The minimum atomic E-state index is -1.58. The maximum Gasteiger partial charge on any atom is 0.305 e. The van der Waals surface area contributed by atoms with Gasteiger partial charge in [0.1, 0.15) is 24.4 Å². The zero-order chi connectivity index (χ0) is 67.9. The lowest BCUT2D eigenvalue weighted by atomic mass is 9.99. The molecule has 7 unspecified atom stereocenters. The number of aliphatic hydroxyl groups excluding tert-OH is 5. The summed E-state index contributed by atoms with van der Waals surface area (Å²) < 4.78 is 16.8. The number of hydrogen-bond acceptors (Lipinski definition) is 10. The molecule has 0 saturated carbocycles. The van der Waals surface area contributed by atoms with Crippen LogP contribution in [-0.2, 0) is 23.8 Å². The number of aliphatic hydroxyl groups is 5. The molecular formula is C83H155NO10. The average Bonchev–Trinajstić information content (AvgIpc) is 0.832. The topological polar surface area (TPSA) is 175 Å². The van der Waals surface area contributed by atoms with Crippen molar-refractivity contribution in [1.29, 1.82) is 0 Å². The zero-order valence-electron chi connectivity index (χ0n) is 61.7. The third-order valence-electron chi connectivity index (χ3n) is 19.4. The second-order valence-electron chi connectivity index (χ2n) is 28.5. The Labute approximate surface area is 580 Å². The Morgan fingerprint density at radius 3 is 1.09 bits per heavy atom. The van der Waals surface area contributed by atoms with Gasteiger partial charge in [0.05, 0.1) is 32.0 Å². The second kappa shape index (κ2) is 71.9. The van der Waals surface area contributed by atoms with E-state index in [1.807, 2.05) is 6.08 Å². The number of esters is 1. The van der Waals surface area contributed by atoms with Crippen molar-refractivity contribution >= 4 is 11.9 Å². The van der Waals surface area contributed by atoms with Crippen LogP contribution in [-0.4, -0.2) is 100 Å². The van der Waals surface area contributed by atoms with Gasteiger partial charge in [-0.15, -0.1) is 0 Å². The molecule has 1 aliphatic heterocycles. The van der Waals surface area contributed by atoms with E-state index < -0.39 is 49.5 Å². The lowest BCUT2D eigenvalue weighted by molar-refractivity contribution is -0.302. The molecule has 0 bridgehead atoms. The molecule has 6 N–H and O–H groups in total. The van der Waals surface area contributed by atoms with Gasteiger partial charge in [0, 0.05) is 12.8 Å². The van der Waals surface area contributed by atoms with E-state index in [9.17, 15) is 35.1 Å². The highest BCUT2D eigenvalue weighted by Gasteiger charge is 2.44. The molecule has 1 amide bonds. The van der Waals surface area contributed by atoms with E-state index in [4.69, 9.17) is 14.2 Å². The SMILES string of the molecule is CCCC/C=C/CC/C=C/CC/C=C/C(O)C(COC1OC(CO)C(O)C(O)C1O)NC(=O)CCCCCCCCCCCCCCCCCCC/C=C\CCCCCCCCCCCCCCCCCCCCOC(=O)CCCCCCCCCCCCCCCCC. The Balaban J connectivity index is 1.87. The number of carbonyl (C=O) groups is 2. The fourth-order valence-electron chi connectivity index (χ4n) is 13.0. The minimum absolute atomic E-state index is 0.0200. The normalized spacial score (nSPS) is 17.6. The van der Waals surface area contributed by atoms with Crippen LogP contribution in [0.4, 0.5) is 0 Å². The maximum absolute atomic E-state index is 13.1. The number of ether oxygens (including phenoxy) is 3. The van der Waals surface area contributed by atoms with Gasteiger partial charge in [0.25, 0.3) is 0 Å². The van der Waals surface area contributed by atoms with Crippen LogP contribution in [0, 0.1) is 0 Å². The molecule has 7 atom stereocenters.